The maximum Gasteiger partial charge on any atom is 0.255 e. The number of rotatable bonds is 8. The smallest absolute Gasteiger partial charge is 0.255 e. The van der Waals surface area contributed by atoms with E-state index in [2.05, 4.69) is 10.0 Å². The van der Waals surface area contributed by atoms with Crippen LogP contribution in [0.25, 0.3) is 11.1 Å². The van der Waals surface area contributed by atoms with Crippen molar-refractivity contribution in [3.63, 3.8) is 0 Å². The number of para-hydroxylation sites is 1. The Bertz CT molecular complexity index is 1450. The molecule has 0 saturated carbocycles. The van der Waals surface area contributed by atoms with Crippen LogP contribution in [-0.2, 0) is 16.6 Å². The lowest BCUT2D eigenvalue weighted by Gasteiger charge is -2.12. The number of carbonyl (C=O) groups excluding carboxylic acids is 2. The largest absolute Gasteiger partial charge is 0.321 e. The first-order valence-electron chi connectivity index (χ1n) is 11.0. The van der Waals surface area contributed by atoms with Crippen molar-refractivity contribution in [3.8, 4) is 11.1 Å². The minimum atomic E-state index is -3.74. The maximum atomic E-state index is 12.8. The van der Waals surface area contributed by atoms with Gasteiger partial charge in [0.25, 0.3) is 5.91 Å². The normalized spacial score (nSPS) is 11.1. The van der Waals surface area contributed by atoms with Crippen LogP contribution in [0.4, 0.5) is 5.69 Å². The van der Waals surface area contributed by atoms with Crippen molar-refractivity contribution in [2.45, 2.75) is 18.4 Å². The van der Waals surface area contributed by atoms with Gasteiger partial charge in [0.15, 0.2) is 5.78 Å². The van der Waals surface area contributed by atoms with E-state index in [-0.39, 0.29) is 23.1 Å². The number of hydrogen-bond acceptors (Lipinski definition) is 4. The predicted molar refractivity (Wildman–Crippen MR) is 137 cm³/mol. The molecule has 0 spiro atoms. The van der Waals surface area contributed by atoms with Crippen molar-refractivity contribution >= 4 is 27.4 Å². The first-order valence-corrected chi connectivity index (χ1v) is 12.5. The SMILES string of the molecule is CC(=O)c1ccc(S(=O)(=O)NCc2ccc(C(=O)Nc3ccccc3-c3ccccc3)cc2)cc1. The standard InChI is InChI=1S/C28H24N2O4S/c1-20(31)22-15-17-25(18-16-22)35(33,34)29-19-21-11-13-24(14-12-21)28(32)30-27-10-6-5-9-26(27)23-7-3-2-4-8-23/h2-18,29H,19H2,1H3,(H,30,32). The summed E-state index contributed by atoms with van der Waals surface area (Å²) in [7, 11) is -3.74. The predicted octanol–water partition coefficient (Wildman–Crippen LogP) is 5.29. The number of carbonyl (C=O) groups is 2. The summed E-state index contributed by atoms with van der Waals surface area (Å²) in [5.41, 5.74) is 4.24. The van der Waals surface area contributed by atoms with E-state index in [4.69, 9.17) is 0 Å². The summed E-state index contributed by atoms with van der Waals surface area (Å²) in [6, 6.07) is 29.9. The van der Waals surface area contributed by atoms with E-state index in [0.29, 0.717) is 22.4 Å². The van der Waals surface area contributed by atoms with Gasteiger partial charge >= 0.3 is 0 Å². The van der Waals surface area contributed by atoms with Crippen molar-refractivity contribution in [2.75, 3.05) is 5.32 Å². The fraction of sp³-hybridized carbons (Fsp3) is 0.0714. The van der Waals surface area contributed by atoms with Crippen LogP contribution in [0, 0.1) is 0 Å². The summed E-state index contributed by atoms with van der Waals surface area (Å²) in [5, 5.41) is 2.96. The topological polar surface area (TPSA) is 92.3 Å². The summed E-state index contributed by atoms with van der Waals surface area (Å²) in [6.45, 7) is 1.49. The van der Waals surface area contributed by atoms with E-state index >= 15 is 0 Å². The third-order valence-corrected chi connectivity index (χ3v) is 6.93. The molecule has 4 aromatic rings. The van der Waals surface area contributed by atoms with Crippen LogP contribution in [0.3, 0.4) is 0 Å². The van der Waals surface area contributed by atoms with Crippen LogP contribution in [0.15, 0.2) is 108 Å². The molecule has 0 unspecified atom stereocenters. The molecule has 0 aromatic heterocycles. The summed E-state index contributed by atoms with van der Waals surface area (Å²) in [5.74, 6) is -0.388. The highest BCUT2D eigenvalue weighted by Crippen LogP contribution is 2.28. The highest BCUT2D eigenvalue weighted by atomic mass is 32.2. The molecule has 0 aliphatic rings. The lowest BCUT2D eigenvalue weighted by molar-refractivity contribution is 0.101. The molecule has 2 N–H and O–H groups in total. The zero-order valence-corrected chi connectivity index (χ0v) is 19.9. The molecule has 0 heterocycles. The third-order valence-electron chi connectivity index (χ3n) is 5.51. The van der Waals surface area contributed by atoms with Gasteiger partial charge < -0.3 is 5.32 Å². The van der Waals surface area contributed by atoms with Crippen molar-refractivity contribution in [2.24, 2.45) is 0 Å². The Labute approximate surface area is 204 Å². The Kier molecular flexibility index (Phi) is 7.19. The van der Waals surface area contributed by atoms with E-state index < -0.39 is 10.0 Å². The average molecular weight is 485 g/mol. The zero-order chi connectivity index (χ0) is 24.8. The Hall–Kier alpha value is -4.07. The maximum absolute atomic E-state index is 12.8. The molecule has 0 fully saturated rings. The summed E-state index contributed by atoms with van der Waals surface area (Å²) < 4.78 is 27.6. The molecule has 0 bridgehead atoms. The van der Waals surface area contributed by atoms with Crippen LogP contribution in [-0.4, -0.2) is 20.1 Å². The quantitative estimate of drug-likeness (QED) is 0.333. The first kappa shape index (κ1) is 24.1. The minimum absolute atomic E-state index is 0.0650. The number of nitrogens with one attached hydrogen (secondary N) is 2. The van der Waals surface area contributed by atoms with E-state index in [9.17, 15) is 18.0 Å². The number of hydrogen-bond donors (Lipinski definition) is 2. The van der Waals surface area contributed by atoms with Crippen molar-refractivity contribution in [1.82, 2.24) is 4.72 Å². The van der Waals surface area contributed by atoms with E-state index in [0.717, 1.165) is 11.1 Å². The van der Waals surface area contributed by atoms with Gasteiger partial charge in [0.1, 0.15) is 0 Å². The highest BCUT2D eigenvalue weighted by Gasteiger charge is 2.15. The molecule has 35 heavy (non-hydrogen) atoms. The molecule has 0 atom stereocenters. The number of anilines is 1. The Morgan fingerprint density at radius 2 is 1.31 bits per heavy atom. The van der Waals surface area contributed by atoms with Gasteiger partial charge in [-0.1, -0.05) is 72.8 Å². The molecular weight excluding hydrogens is 460 g/mol. The van der Waals surface area contributed by atoms with E-state index in [1.807, 2.05) is 54.6 Å². The zero-order valence-electron chi connectivity index (χ0n) is 19.1. The minimum Gasteiger partial charge on any atom is -0.321 e. The summed E-state index contributed by atoms with van der Waals surface area (Å²) >= 11 is 0. The fourth-order valence-electron chi connectivity index (χ4n) is 3.56. The fourth-order valence-corrected chi connectivity index (χ4v) is 4.58. The van der Waals surface area contributed by atoms with Gasteiger partial charge in [-0.15, -0.1) is 0 Å². The van der Waals surface area contributed by atoms with Crippen LogP contribution in [0.1, 0.15) is 33.2 Å². The highest BCUT2D eigenvalue weighted by molar-refractivity contribution is 7.89. The summed E-state index contributed by atoms with van der Waals surface area (Å²) in [6.07, 6.45) is 0. The van der Waals surface area contributed by atoms with Gasteiger partial charge in [-0.3, -0.25) is 9.59 Å². The van der Waals surface area contributed by atoms with Gasteiger partial charge in [0, 0.05) is 28.9 Å². The molecule has 4 aromatic carbocycles. The Morgan fingerprint density at radius 3 is 1.97 bits per heavy atom. The third kappa shape index (κ3) is 5.90. The Balaban J connectivity index is 1.41. The molecule has 0 aliphatic heterocycles. The molecule has 176 valence electrons. The van der Waals surface area contributed by atoms with E-state index in [1.54, 1.807) is 24.3 Å². The second kappa shape index (κ2) is 10.5. The van der Waals surface area contributed by atoms with Crippen molar-refractivity contribution in [3.05, 3.63) is 120 Å². The second-order valence-corrected chi connectivity index (χ2v) is 9.73. The second-order valence-electron chi connectivity index (χ2n) is 7.97. The van der Waals surface area contributed by atoms with Crippen LogP contribution in [0.2, 0.25) is 0 Å². The molecule has 0 radical (unpaired) electrons. The van der Waals surface area contributed by atoms with Gasteiger partial charge in [0.05, 0.1) is 4.90 Å². The molecular formula is C28H24N2O4S. The van der Waals surface area contributed by atoms with Gasteiger partial charge in [-0.05, 0) is 48.4 Å². The molecule has 7 heteroatoms. The lowest BCUT2D eigenvalue weighted by atomic mass is 10.0. The number of Topliss-reactive ketones (excluding diaryl/α,β-unsaturated/α-hetero) is 1. The molecule has 0 saturated heterocycles. The number of ketones is 1. The van der Waals surface area contributed by atoms with Crippen LogP contribution >= 0.6 is 0 Å². The van der Waals surface area contributed by atoms with Gasteiger partial charge in [-0.2, -0.15) is 0 Å². The van der Waals surface area contributed by atoms with E-state index in [1.165, 1.54) is 31.2 Å². The molecule has 0 aliphatic carbocycles. The summed E-state index contributed by atoms with van der Waals surface area (Å²) in [4.78, 5) is 24.3. The van der Waals surface area contributed by atoms with Gasteiger partial charge in [0.2, 0.25) is 10.0 Å². The van der Waals surface area contributed by atoms with Crippen LogP contribution in [0.5, 0.6) is 0 Å². The van der Waals surface area contributed by atoms with Crippen molar-refractivity contribution < 1.29 is 18.0 Å². The number of amides is 1. The number of benzene rings is 4. The van der Waals surface area contributed by atoms with Gasteiger partial charge in [-0.25, -0.2) is 13.1 Å². The molecule has 4 rings (SSSR count). The Morgan fingerprint density at radius 1 is 0.714 bits per heavy atom. The average Bonchev–Trinajstić information content (AvgIpc) is 2.88. The lowest BCUT2D eigenvalue weighted by Crippen LogP contribution is -2.23. The van der Waals surface area contributed by atoms with Crippen LogP contribution < -0.4 is 10.0 Å². The first-order chi connectivity index (χ1) is 16.8. The molecule has 1 amide bonds. The number of sulfonamides is 1. The van der Waals surface area contributed by atoms with Crippen molar-refractivity contribution in [1.29, 1.82) is 0 Å². The molecule has 6 nitrogen and oxygen atoms in total. The monoisotopic (exact) mass is 484 g/mol.